The molecule has 1 atom stereocenters. The maximum atomic E-state index is 13.5. The van der Waals surface area contributed by atoms with Gasteiger partial charge in [-0.3, -0.25) is 4.79 Å². The first kappa shape index (κ1) is 14.5. The molecule has 1 N–H and O–H groups in total. The van der Waals surface area contributed by atoms with E-state index in [9.17, 15) is 9.18 Å². The van der Waals surface area contributed by atoms with E-state index in [1.165, 1.54) is 12.1 Å². The number of unbranched alkanes of at least 4 members (excludes halogenated alkanes) is 2. The van der Waals surface area contributed by atoms with Crippen LogP contribution in [-0.4, -0.2) is 11.2 Å². The highest BCUT2D eigenvalue weighted by atomic mass is 79.9. The van der Waals surface area contributed by atoms with E-state index in [2.05, 4.69) is 21.2 Å². The van der Waals surface area contributed by atoms with E-state index in [4.69, 9.17) is 0 Å². The third-order valence-corrected chi connectivity index (χ3v) is 4.58. The molecule has 1 aromatic rings. The van der Waals surface area contributed by atoms with Gasteiger partial charge in [0.1, 0.15) is 5.82 Å². The summed E-state index contributed by atoms with van der Waals surface area (Å²) in [6.07, 6.45) is 4.69. The third kappa shape index (κ3) is 2.69. The van der Waals surface area contributed by atoms with Gasteiger partial charge < -0.3 is 5.32 Å². The summed E-state index contributed by atoms with van der Waals surface area (Å²) in [6.45, 7) is 2.00. The van der Waals surface area contributed by atoms with Gasteiger partial charge in [-0.25, -0.2) is 4.39 Å². The van der Waals surface area contributed by atoms with Crippen LogP contribution in [0, 0.1) is 5.82 Å². The summed E-state index contributed by atoms with van der Waals surface area (Å²) in [5.74, 6) is -0.247. The predicted octanol–water partition coefficient (Wildman–Crippen LogP) is 4.38. The van der Waals surface area contributed by atoms with Crippen LogP contribution >= 0.6 is 15.9 Å². The van der Waals surface area contributed by atoms with Crippen molar-refractivity contribution in [2.75, 3.05) is 10.6 Å². The number of amides is 1. The number of halogens is 2. The fourth-order valence-corrected chi connectivity index (χ4v) is 3.26. The molecule has 1 aliphatic heterocycles. The minimum atomic E-state index is -0.538. The van der Waals surface area contributed by atoms with E-state index in [0.717, 1.165) is 42.3 Å². The number of alkyl halides is 1. The fourth-order valence-electron chi connectivity index (χ4n) is 2.86. The fraction of sp³-hybridized carbons (Fsp3) is 0.533. The van der Waals surface area contributed by atoms with Gasteiger partial charge in [-0.05, 0) is 43.0 Å². The molecular formula is C15H19BrFNO. The number of rotatable bonds is 6. The van der Waals surface area contributed by atoms with Gasteiger partial charge in [0.2, 0.25) is 5.91 Å². The molecule has 0 spiro atoms. The standard InChI is InChI=1S/C15H19BrFNO/c1-2-15(8-4-3-5-9-16)12-10-11(17)6-7-13(12)18-14(15)19/h6-7,10H,2-5,8-9H2,1H3,(H,18,19). The molecule has 4 heteroatoms. The summed E-state index contributed by atoms with van der Waals surface area (Å²) in [5, 5.41) is 3.88. The lowest BCUT2D eigenvalue weighted by Gasteiger charge is -2.26. The molecule has 1 amide bonds. The topological polar surface area (TPSA) is 29.1 Å². The molecule has 19 heavy (non-hydrogen) atoms. The van der Waals surface area contributed by atoms with Crippen LogP contribution in [0.1, 0.15) is 44.6 Å². The van der Waals surface area contributed by atoms with Gasteiger partial charge in [0, 0.05) is 11.0 Å². The smallest absolute Gasteiger partial charge is 0.235 e. The Morgan fingerprint density at radius 3 is 2.79 bits per heavy atom. The number of carbonyl (C=O) groups is 1. The predicted molar refractivity (Wildman–Crippen MR) is 79.3 cm³/mol. The van der Waals surface area contributed by atoms with Gasteiger partial charge >= 0.3 is 0 Å². The van der Waals surface area contributed by atoms with Crippen LogP contribution in [-0.2, 0) is 10.2 Å². The molecule has 0 fully saturated rings. The summed E-state index contributed by atoms with van der Waals surface area (Å²) in [7, 11) is 0. The first-order valence-corrected chi connectivity index (χ1v) is 7.93. The van der Waals surface area contributed by atoms with Crippen molar-refractivity contribution in [3.05, 3.63) is 29.6 Å². The third-order valence-electron chi connectivity index (χ3n) is 4.02. The van der Waals surface area contributed by atoms with Crippen LogP contribution < -0.4 is 5.32 Å². The van der Waals surface area contributed by atoms with Crippen LogP contribution in [0.15, 0.2) is 18.2 Å². The van der Waals surface area contributed by atoms with E-state index in [0.29, 0.717) is 6.42 Å². The zero-order valence-electron chi connectivity index (χ0n) is 11.1. The number of hydrogen-bond acceptors (Lipinski definition) is 1. The number of benzene rings is 1. The monoisotopic (exact) mass is 327 g/mol. The minimum absolute atomic E-state index is 0.0226. The van der Waals surface area contributed by atoms with Crippen molar-refractivity contribution in [1.82, 2.24) is 0 Å². The van der Waals surface area contributed by atoms with Gasteiger partial charge in [0.05, 0.1) is 5.41 Å². The Balaban J connectivity index is 2.24. The Labute approximate surface area is 121 Å². The number of nitrogens with one attached hydrogen (secondary N) is 1. The first-order valence-electron chi connectivity index (χ1n) is 6.81. The summed E-state index contributed by atoms with van der Waals surface area (Å²) in [5.41, 5.74) is 1.07. The largest absolute Gasteiger partial charge is 0.325 e. The number of carbonyl (C=O) groups excluding carboxylic acids is 1. The molecular weight excluding hydrogens is 309 g/mol. The van der Waals surface area contributed by atoms with Crippen molar-refractivity contribution in [3.63, 3.8) is 0 Å². The molecule has 0 aliphatic carbocycles. The first-order chi connectivity index (χ1) is 9.14. The van der Waals surface area contributed by atoms with Crippen molar-refractivity contribution < 1.29 is 9.18 Å². The zero-order chi connectivity index (χ0) is 13.9. The van der Waals surface area contributed by atoms with E-state index in [1.807, 2.05) is 6.92 Å². The minimum Gasteiger partial charge on any atom is -0.325 e. The average molecular weight is 328 g/mol. The maximum absolute atomic E-state index is 13.5. The molecule has 104 valence electrons. The molecule has 1 aromatic carbocycles. The van der Waals surface area contributed by atoms with Gasteiger partial charge in [-0.1, -0.05) is 35.7 Å². The highest BCUT2D eigenvalue weighted by Gasteiger charge is 2.44. The number of hydrogen-bond donors (Lipinski definition) is 1. The molecule has 0 bridgehead atoms. The Kier molecular flexibility index (Phi) is 4.61. The van der Waals surface area contributed by atoms with Gasteiger partial charge in [0.15, 0.2) is 0 Å². The second-order valence-corrected chi connectivity index (χ2v) is 5.87. The van der Waals surface area contributed by atoms with Crippen molar-refractivity contribution in [3.8, 4) is 0 Å². The van der Waals surface area contributed by atoms with Crippen molar-refractivity contribution in [2.24, 2.45) is 0 Å². The average Bonchev–Trinajstić information content (AvgIpc) is 2.67. The van der Waals surface area contributed by atoms with Crippen LogP contribution in [0.5, 0.6) is 0 Å². The molecule has 1 aliphatic rings. The lowest BCUT2D eigenvalue weighted by molar-refractivity contribution is -0.121. The second-order valence-electron chi connectivity index (χ2n) is 5.08. The molecule has 0 saturated heterocycles. The summed E-state index contributed by atoms with van der Waals surface area (Å²) in [6, 6.07) is 4.58. The van der Waals surface area contributed by atoms with Crippen molar-refractivity contribution in [2.45, 2.75) is 44.4 Å². The lowest BCUT2D eigenvalue weighted by Crippen LogP contribution is -2.33. The molecule has 2 rings (SSSR count). The molecule has 0 radical (unpaired) electrons. The lowest BCUT2D eigenvalue weighted by atomic mass is 9.75. The maximum Gasteiger partial charge on any atom is 0.235 e. The van der Waals surface area contributed by atoms with E-state index < -0.39 is 5.41 Å². The van der Waals surface area contributed by atoms with Gasteiger partial charge in [-0.15, -0.1) is 0 Å². The Hall–Kier alpha value is -0.900. The van der Waals surface area contributed by atoms with Crippen LogP contribution in [0.25, 0.3) is 0 Å². The molecule has 0 aromatic heterocycles. The zero-order valence-corrected chi connectivity index (χ0v) is 12.7. The van der Waals surface area contributed by atoms with Gasteiger partial charge in [-0.2, -0.15) is 0 Å². The van der Waals surface area contributed by atoms with Crippen LogP contribution in [0.2, 0.25) is 0 Å². The summed E-state index contributed by atoms with van der Waals surface area (Å²) >= 11 is 3.41. The highest BCUT2D eigenvalue weighted by molar-refractivity contribution is 9.09. The molecule has 2 nitrogen and oxygen atoms in total. The van der Waals surface area contributed by atoms with Crippen LogP contribution in [0.3, 0.4) is 0 Å². The molecule has 0 saturated carbocycles. The second kappa shape index (κ2) is 6.04. The molecule has 1 unspecified atom stereocenters. The normalized spacial score (nSPS) is 21.3. The Bertz CT molecular complexity index is 477. The Morgan fingerprint density at radius 2 is 2.11 bits per heavy atom. The van der Waals surface area contributed by atoms with Crippen LogP contribution in [0.4, 0.5) is 10.1 Å². The van der Waals surface area contributed by atoms with E-state index in [-0.39, 0.29) is 11.7 Å². The number of fused-ring (bicyclic) bond motifs is 1. The number of anilines is 1. The summed E-state index contributed by atoms with van der Waals surface area (Å²) < 4.78 is 13.5. The summed E-state index contributed by atoms with van der Waals surface area (Å²) in [4.78, 5) is 12.3. The molecule has 1 heterocycles. The van der Waals surface area contributed by atoms with E-state index >= 15 is 0 Å². The van der Waals surface area contributed by atoms with E-state index in [1.54, 1.807) is 6.07 Å². The Morgan fingerprint density at radius 1 is 1.32 bits per heavy atom. The highest BCUT2D eigenvalue weighted by Crippen LogP contribution is 2.44. The van der Waals surface area contributed by atoms with Gasteiger partial charge in [0.25, 0.3) is 0 Å². The quantitative estimate of drug-likeness (QED) is 0.609. The van der Waals surface area contributed by atoms with Crippen molar-refractivity contribution >= 4 is 27.5 Å². The van der Waals surface area contributed by atoms with Crippen molar-refractivity contribution in [1.29, 1.82) is 0 Å². The SMILES string of the molecule is CCC1(CCCCCBr)C(=O)Nc2ccc(F)cc21.